The fraction of sp³-hybridized carbons (Fsp3) is 0.278. The van der Waals surface area contributed by atoms with Crippen LogP contribution in [0.3, 0.4) is 0 Å². The average Bonchev–Trinajstić information content (AvgIpc) is 2.46. The number of ketones is 1. The third-order valence-electron chi connectivity index (χ3n) is 3.60. The highest BCUT2D eigenvalue weighted by atomic mass is 16.5. The van der Waals surface area contributed by atoms with Crippen LogP contribution in [0.25, 0.3) is 11.1 Å². The summed E-state index contributed by atoms with van der Waals surface area (Å²) in [5.41, 5.74) is 3.77. The molecular weight excluding hydrogens is 280 g/mol. The molecule has 2 aromatic carbocycles. The normalized spacial score (nSPS) is 10.4. The van der Waals surface area contributed by atoms with E-state index in [1.54, 1.807) is 13.2 Å². The van der Waals surface area contributed by atoms with E-state index in [0.29, 0.717) is 22.6 Å². The first-order chi connectivity index (χ1) is 10.4. The summed E-state index contributed by atoms with van der Waals surface area (Å²) >= 11 is 0. The highest BCUT2D eigenvalue weighted by Gasteiger charge is 2.21. The second kappa shape index (κ2) is 6.10. The van der Waals surface area contributed by atoms with Gasteiger partial charge in [0.2, 0.25) is 0 Å². The first-order valence-corrected chi connectivity index (χ1v) is 6.96. The molecule has 0 saturated carbocycles. The topological polar surface area (TPSA) is 55.8 Å². The van der Waals surface area contributed by atoms with Gasteiger partial charge >= 0.3 is 0 Å². The molecule has 2 aromatic rings. The molecule has 0 saturated heterocycles. The van der Waals surface area contributed by atoms with Crippen LogP contribution >= 0.6 is 0 Å². The molecule has 1 N–H and O–H groups in total. The van der Waals surface area contributed by atoms with E-state index < -0.39 is 0 Å². The Bertz CT molecular complexity index is 732. The van der Waals surface area contributed by atoms with Gasteiger partial charge in [0.15, 0.2) is 5.78 Å². The first kappa shape index (κ1) is 15.9. The van der Waals surface area contributed by atoms with E-state index in [2.05, 4.69) is 0 Å². The lowest BCUT2D eigenvalue weighted by molar-refractivity contribution is 0.101. The van der Waals surface area contributed by atoms with Gasteiger partial charge in [0.1, 0.15) is 17.2 Å². The van der Waals surface area contributed by atoms with Crippen LogP contribution in [-0.4, -0.2) is 25.1 Å². The quantitative estimate of drug-likeness (QED) is 0.870. The fourth-order valence-corrected chi connectivity index (χ4v) is 2.67. The molecule has 0 spiro atoms. The smallest absolute Gasteiger partial charge is 0.160 e. The van der Waals surface area contributed by atoms with Gasteiger partial charge in [0.05, 0.1) is 14.2 Å². The van der Waals surface area contributed by atoms with Gasteiger partial charge in [-0.1, -0.05) is 0 Å². The maximum absolute atomic E-state index is 12.1. The molecule has 0 fully saturated rings. The lowest BCUT2D eigenvalue weighted by Gasteiger charge is -2.18. The Kier molecular flexibility index (Phi) is 4.40. The van der Waals surface area contributed by atoms with Crippen LogP contribution in [0.2, 0.25) is 0 Å². The van der Waals surface area contributed by atoms with E-state index >= 15 is 0 Å². The predicted molar refractivity (Wildman–Crippen MR) is 86.1 cm³/mol. The number of phenols is 1. The molecular formula is C18H20O4. The molecule has 116 valence electrons. The summed E-state index contributed by atoms with van der Waals surface area (Å²) in [5, 5.41) is 9.77. The highest BCUT2D eigenvalue weighted by Crippen LogP contribution is 2.43. The number of hydrogen-bond acceptors (Lipinski definition) is 4. The number of aryl methyl sites for hydroxylation is 2. The zero-order valence-electron chi connectivity index (χ0n) is 13.5. The van der Waals surface area contributed by atoms with Gasteiger partial charge in [0.25, 0.3) is 0 Å². The van der Waals surface area contributed by atoms with Crippen LogP contribution < -0.4 is 9.47 Å². The van der Waals surface area contributed by atoms with Crippen molar-refractivity contribution >= 4 is 5.78 Å². The maximum atomic E-state index is 12.1. The Morgan fingerprint density at radius 1 is 0.955 bits per heavy atom. The van der Waals surface area contributed by atoms with Crippen molar-refractivity contribution in [3.8, 4) is 28.4 Å². The van der Waals surface area contributed by atoms with Crippen LogP contribution in [0.1, 0.15) is 28.4 Å². The zero-order chi connectivity index (χ0) is 16.4. The van der Waals surface area contributed by atoms with E-state index in [9.17, 15) is 9.90 Å². The first-order valence-electron chi connectivity index (χ1n) is 6.96. The molecule has 0 radical (unpaired) electrons. The number of aromatic hydroxyl groups is 1. The average molecular weight is 300 g/mol. The van der Waals surface area contributed by atoms with Crippen LogP contribution in [0.4, 0.5) is 0 Å². The van der Waals surface area contributed by atoms with E-state index in [-0.39, 0.29) is 11.5 Å². The van der Waals surface area contributed by atoms with Crippen molar-refractivity contribution in [3.63, 3.8) is 0 Å². The second-order valence-corrected chi connectivity index (χ2v) is 5.29. The number of methoxy groups -OCH3 is 2. The van der Waals surface area contributed by atoms with Crippen LogP contribution in [0, 0.1) is 13.8 Å². The van der Waals surface area contributed by atoms with Crippen molar-refractivity contribution in [2.45, 2.75) is 20.8 Å². The van der Waals surface area contributed by atoms with Crippen molar-refractivity contribution in [2.24, 2.45) is 0 Å². The van der Waals surface area contributed by atoms with Gasteiger partial charge in [-0.05, 0) is 50.1 Å². The minimum absolute atomic E-state index is 0.0495. The second-order valence-electron chi connectivity index (χ2n) is 5.29. The van der Waals surface area contributed by atoms with E-state index in [1.165, 1.54) is 20.1 Å². The lowest BCUT2D eigenvalue weighted by Crippen LogP contribution is -2.03. The summed E-state index contributed by atoms with van der Waals surface area (Å²) in [6.45, 7) is 5.31. The summed E-state index contributed by atoms with van der Waals surface area (Å²) < 4.78 is 10.9. The Labute approximate surface area is 130 Å². The Morgan fingerprint density at radius 2 is 1.55 bits per heavy atom. The maximum Gasteiger partial charge on any atom is 0.160 e. The molecule has 4 nitrogen and oxygen atoms in total. The van der Waals surface area contributed by atoms with Crippen molar-refractivity contribution in [1.82, 2.24) is 0 Å². The van der Waals surface area contributed by atoms with Gasteiger partial charge in [-0.25, -0.2) is 0 Å². The van der Waals surface area contributed by atoms with Crippen molar-refractivity contribution < 1.29 is 19.4 Å². The fourth-order valence-electron chi connectivity index (χ4n) is 2.67. The molecule has 0 atom stereocenters. The number of carbonyl (C=O) groups is 1. The molecule has 0 heterocycles. The molecule has 0 aliphatic rings. The third-order valence-corrected chi connectivity index (χ3v) is 3.60. The van der Waals surface area contributed by atoms with Crippen molar-refractivity contribution in [1.29, 1.82) is 0 Å². The summed E-state index contributed by atoms with van der Waals surface area (Å²) in [5.74, 6) is 1.18. The Morgan fingerprint density at radius 3 is 2.09 bits per heavy atom. The molecule has 0 amide bonds. The zero-order valence-corrected chi connectivity index (χ0v) is 13.5. The number of Topliss-reactive ketones (excluding diaryl/α,β-unsaturated/α-hetero) is 1. The predicted octanol–water partition coefficient (Wildman–Crippen LogP) is 3.90. The molecule has 0 aliphatic carbocycles. The Balaban J connectivity index is 2.91. The standard InChI is InChI=1S/C18H20O4/c1-10-6-14(12(3)19)18(15(7-10)21-4)17-11(2)8-13(20)9-16(17)22-5/h6-9,20H,1-5H3. The molecule has 2 rings (SSSR count). The summed E-state index contributed by atoms with van der Waals surface area (Å²) in [4.78, 5) is 12.1. The van der Waals surface area contributed by atoms with Crippen LogP contribution in [0.15, 0.2) is 24.3 Å². The number of carbonyl (C=O) groups excluding carboxylic acids is 1. The number of phenolic OH excluding ortho intramolecular Hbond substituents is 1. The minimum atomic E-state index is -0.0495. The van der Waals surface area contributed by atoms with Gasteiger partial charge in [-0.15, -0.1) is 0 Å². The number of benzene rings is 2. The largest absolute Gasteiger partial charge is 0.508 e. The summed E-state index contributed by atoms with van der Waals surface area (Å²) in [7, 11) is 3.11. The van der Waals surface area contributed by atoms with Gasteiger partial charge < -0.3 is 14.6 Å². The third kappa shape index (κ3) is 2.77. The minimum Gasteiger partial charge on any atom is -0.508 e. The molecule has 0 unspecified atom stereocenters. The van der Waals surface area contributed by atoms with Gasteiger partial charge in [-0.2, -0.15) is 0 Å². The number of rotatable bonds is 4. The summed E-state index contributed by atoms with van der Waals surface area (Å²) in [6.07, 6.45) is 0. The van der Waals surface area contributed by atoms with Crippen molar-refractivity contribution in [3.05, 3.63) is 41.0 Å². The number of ether oxygens (including phenoxy) is 2. The van der Waals surface area contributed by atoms with Crippen LogP contribution in [-0.2, 0) is 0 Å². The van der Waals surface area contributed by atoms with E-state index in [0.717, 1.165) is 16.7 Å². The molecule has 0 aromatic heterocycles. The molecule has 22 heavy (non-hydrogen) atoms. The van der Waals surface area contributed by atoms with Crippen LogP contribution in [0.5, 0.6) is 17.2 Å². The van der Waals surface area contributed by atoms with E-state index in [1.807, 2.05) is 26.0 Å². The molecule has 4 heteroatoms. The van der Waals surface area contributed by atoms with Crippen molar-refractivity contribution in [2.75, 3.05) is 14.2 Å². The number of hydrogen-bond donors (Lipinski definition) is 1. The molecule has 0 bridgehead atoms. The lowest BCUT2D eigenvalue weighted by atomic mass is 9.91. The monoisotopic (exact) mass is 300 g/mol. The highest BCUT2D eigenvalue weighted by molar-refractivity contribution is 6.04. The summed E-state index contributed by atoms with van der Waals surface area (Å²) in [6, 6.07) is 6.89. The Hall–Kier alpha value is -2.49. The van der Waals surface area contributed by atoms with Gasteiger partial charge in [0, 0.05) is 22.8 Å². The van der Waals surface area contributed by atoms with Gasteiger partial charge in [-0.3, -0.25) is 4.79 Å². The SMILES string of the molecule is COc1cc(O)cc(C)c1-c1c(OC)cc(C)cc1C(C)=O. The van der Waals surface area contributed by atoms with E-state index in [4.69, 9.17) is 9.47 Å². The molecule has 0 aliphatic heterocycles.